The molecule has 0 spiro atoms. The third-order valence-corrected chi connectivity index (χ3v) is 11.1. The highest BCUT2D eigenvalue weighted by molar-refractivity contribution is 6.47. The lowest BCUT2D eigenvalue weighted by molar-refractivity contribution is 0.517. The van der Waals surface area contributed by atoms with Crippen molar-refractivity contribution < 1.29 is 0 Å². The maximum atomic E-state index is 5.18. The summed E-state index contributed by atoms with van der Waals surface area (Å²) in [6.45, 7) is 13.2. The van der Waals surface area contributed by atoms with Gasteiger partial charge >= 0.3 is 0 Å². The molecule has 0 radical (unpaired) electrons. The number of benzene rings is 2. The van der Waals surface area contributed by atoms with Crippen LogP contribution in [0.1, 0.15) is 216 Å². The highest BCUT2D eigenvalue weighted by atomic mass is 14.8. The second-order valence-corrected chi connectivity index (χ2v) is 16.0. The van der Waals surface area contributed by atoms with E-state index in [-0.39, 0.29) is 0 Å². The monoisotopic (exact) mass is 711 g/mol. The molecule has 2 aromatic rings. The number of rotatable bonds is 32. The van der Waals surface area contributed by atoms with Crippen LogP contribution in [-0.4, -0.2) is 11.4 Å². The summed E-state index contributed by atoms with van der Waals surface area (Å²) in [7, 11) is 0. The summed E-state index contributed by atoms with van der Waals surface area (Å²) in [5.74, 6) is 0. The third-order valence-electron chi connectivity index (χ3n) is 11.1. The summed E-state index contributed by atoms with van der Waals surface area (Å²) in [6.07, 6.45) is 43.3. The van der Waals surface area contributed by atoms with E-state index in [4.69, 9.17) is 9.98 Å². The van der Waals surface area contributed by atoms with Gasteiger partial charge in [0.2, 0.25) is 0 Å². The highest BCUT2D eigenvalue weighted by Crippen LogP contribution is 2.22. The van der Waals surface area contributed by atoms with E-state index in [0.29, 0.717) is 0 Å². The van der Waals surface area contributed by atoms with Crippen molar-refractivity contribution in [1.82, 2.24) is 0 Å². The minimum atomic E-state index is 0.941. The third kappa shape index (κ3) is 22.6. The Kier molecular flexibility index (Phi) is 27.2. The number of aliphatic imine (C=N–C) groups is 2. The van der Waals surface area contributed by atoms with Crippen LogP contribution in [0.5, 0.6) is 0 Å². The normalized spacial score (nSPS) is 12.4. The zero-order chi connectivity index (χ0) is 37.5. The molecule has 0 N–H and O–H groups in total. The Labute approximate surface area is 323 Å². The average Bonchev–Trinajstić information content (AvgIpc) is 3.14. The van der Waals surface area contributed by atoms with Crippen LogP contribution in [-0.2, 0) is 0 Å². The fourth-order valence-electron chi connectivity index (χ4n) is 7.09. The molecule has 2 rings (SSSR count). The molecule has 2 nitrogen and oxygen atoms in total. The summed E-state index contributed by atoms with van der Waals surface area (Å²) >= 11 is 0. The van der Waals surface area contributed by atoms with Gasteiger partial charge in [0, 0.05) is 0 Å². The summed E-state index contributed by atoms with van der Waals surface area (Å²) in [5, 5.41) is 0. The SMILES string of the molecule is CCCCCCCCCCCCCCCCCCCCCCCCCCC=CC(=Nc1ccc(C)c(C)c1)C(CCCC)=Nc1ccc(C)c(C)c1. The zero-order valence-electron chi connectivity index (χ0n) is 35.3. The first kappa shape index (κ1) is 45.7. The number of nitrogens with zero attached hydrogens (tertiary/aromatic N) is 2. The Hall–Kier alpha value is -2.48. The average molecular weight is 711 g/mol. The highest BCUT2D eigenvalue weighted by Gasteiger charge is 2.09. The van der Waals surface area contributed by atoms with E-state index in [1.165, 1.54) is 176 Å². The molecule has 0 atom stereocenters. The van der Waals surface area contributed by atoms with Gasteiger partial charge in [-0.3, -0.25) is 4.99 Å². The lowest BCUT2D eigenvalue weighted by Gasteiger charge is -2.10. The second kappa shape index (κ2) is 30.9. The Morgan fingerprint density at radius 2 is 0.788 bits per heavy atom. The smallest absolute Gasteiger partial charge is 0.0848 e. The molecule has 0 saturated heterocycles. The Balaban J connectivity index is 1.60. The molecule has 0 heterocycles. The molecule has 0 aliphatic heterocycles. The van der Waals surface area contributed by atoms with Crippen molar-refractivity contribution >= 4 is 22.8 Å². The van der Waals surface area contributed by atoms with Crippen LogP contribution in [0.25, 0.3) is 0 Å². The zero-order valence-corrected chi connectivity index (χ0v) is 35.3. The molecule has 0 saturated carbocycles. The fraction of sp³-hybridized carbons (Fsp3) is 0.680. The molecule has 0 aromatic heterocycles. The molecule has 0 bridgehead atoms. The van der Waals surface area contributed by atoms with Crippen LogP contribution in [0.4, 0.5) is 11.4 Å². The predicted octanol–water partition coefficient (Wildman–Crippen LogP) is 17.3. The number of hydrogen-bond acceptors (Lipinski definition) is 2. The van der Waals surface area contributed by atoms with Gasteiger partial charge in [-0.1, -0.05) is 186 Å². The summed E-state index contributed by atoms with van der Waals surface area (Å²) < 4.78 is 0. The summed E-state index contributed by atoms with van der Waals surface area (Å²) in [5.41, 5.74) is 9.34. The number of hydrogen-bond donors (Lipinski definition) is 0. The first-order chi connectivity index (χ1) is 25.4. The van der Waals surface area contributed by atoms with E-state index in [1.807, 2.05) is 0 Å². The van der Waals surface area contributed by atoms with Gasteiger partial charge < -0.3 is 0 Å². The van der Waals surface area contributed by atoms with Crippen molar-refractivity contribution in [2.75, 3.05) is 0 Å². The Morgan fingerprint density at radius 3 is 1.17 bits per heavy atom. The first-order valence-corrected chi connectivity index (χ1v) is 22.4. The molecule has 0 amide bonds. The van der Waals surface area contributed by atoms with Gasteiger partial charge in [-0.2, -0.15) is 0 Å². The van der Waals surface area contributed by atoms with Gasteiger partial charge in [0.05, 0.1) is 22.8 Å². The second-order valence-electron chi connectivity index (χ2n) is 16.0. The first-order valence-electron chi connectivity index (χ1n) is 22.4. The number of allylic oxidation sites excluding steroid dienone is 2. The fourth-order valence-corrected chi connectivity index (χ4v) is 7.09. The van der Waals surface area contributed by atoms with Crippen LogP contribution in [0.15, 0.2) is 58.5 Å². The van der Waals surface area contributed by atoms with Crippen LogP contribution in [0.3, 0.4) is 0 Å². The molecule has 292 valence electrons. The van der Waals surface area contributed by atoms with Gasteiger partial charge in [-0.05, 0) is 106 Å². The summed E-state index contributed by atoms with van der Waals surface area (Å²) in [4.78, 5) is 10.4. The largest absolute Gasteiger partial charge is 0.251 e. The van der Waals surface area contributed by atoms with Gasteiger partial charge in [0.1, 0.15) is 0 Å². The van der Waals surface area contributed by atoms with Gasteiger partial charge in [0.15, 0.2) is 0 Å². The molecule has 2 heteroatoms. The minimum Gasteiger partial charge on any atom is -0.251 e. The van der Waals surface area contributed by atoms with Crippen molar-refractivity contribution in [2.24, 2.45) is 9.98 Å². The summed E-state index contributed by atoms with van der Waals surface area (Å²) in [6, 6.07) is 13.1. The molecule has 0 unspecified atom stereocenters. The molecule has 52 heavy (non-hydrogen) atoms. The lowest BCUT2D eigenvalue weighted by Crippen LogP contribution is -2.12. The number of unbranched alkanes of at least 4 members (excludes halogenated alkanes) is 25. The quantitative estimate of drug-likeness (QED) is 0.0533. The maximum absolute atomic E-state index is 5.18. The Bertz CT molecular complexity index is 1270. The number of aryl methyl sites for hydroxylation is 4. The van der Waals surface area contributed by atoms with Crippen LogP contribution in [0, 0.1) is 27.7 Å². The van der Waals surface area contributed by atoms with Crippen molar-refractivity contribution in [3.8, 4) is 0 Å². The van der Waals surface area contributed by atoms with Crippen LogP contribution >= 0.6 is 0 Å². The van der Waals surface area contributed by atoms with Gasteiger partial charge in [-0.25, -0.2) is 4.99 Å². The molecule has 2 aromatic carbocycles. The van der Waals surface area contributed by atoms with E-state index in [0.717, 1.165) is 48.5 Å². The van der Waals surface area contributed by atoms with Crippen molar-refractivity contribution in [2.45, 2.75) is 221 Å². The van der Waals surface area contributed by atoms with E-state index in [9.17, 15) is 0 Å². The lowest BCUT2D eigenvalue weighted by atomic mass is 10.0. The van der Waals surface area contributed by atoms with Gasteiger partial charge in [0.25, 0.3) is 0 Å². The van der Waals surface area contributed by atoms with E-state index in [1.54, 1.807) is 0 Å². The van der Waals surface area contributed by atoms with E-state index in [2.05, 4.69) is 90.1 Å². The Morgan fingerprint density at radius 1 is 0.423 bits per heavy atom. The van der Waals surface area contributed by atoms with Crippen molar-refractivity contribution in [3.63, 3.8) is 0 Å². The molecule has 0 fully saturated rings. The molecular formula is C50H82N2. The minimum absolute atomic E-state index is 0.941. The van der Waals surface area contributed by atoms with Gasteiger partial charge in [-0.15, -0.1) is 0 Å². The topological polar surface area (TPSA) is 24.7 Å². The van der Waals surface area contributed by atoms with E-state index >= 15 is 0 Å². The molecular weight excluding hydrogens is 629 g/mol. The standard InChI is InChI=1S/C50H82N2/c1-7-9-11-12-13-14-15-16-17-18-19-20-21-22-23-24-25-26-27-28-29-30-31-32-33-34-36-50(52-48-40-38-44(4)46(6)42-48)49(35-10-8-2)51-47-39-37-43(3)45(5)41-47/h34,36-42H,7-33,35H2,1-6H3. The van der Waals surface area contributed by atoms with E-state index < -0.39 is 0 Å². The molecule has 0 aliphatic rings. The predicted molar refractivity (Wildman–Crippen MR) is 236 cm³/mol. The maximum Gasteiger partial charge on any atom is 0.0848 e. The van der Waals surface area contributed by atoms with Crippen molar-refractivity contribution in [3.05, 3.63) is 70.8 Å². The van der Waals surface area contributed by atoms with Crippen LogP contribution in [0.2, 0.25) is 0 Å². The van der Waals surface area contributed by atoms with Crippen molar-refractivity contribution in [1.29, 1.82) is 0 Å². The molecule has 0 aliphatic carbocycles. The van der Waals surface area contributed by atoms with Crippen LogP contribution < -0.4 is 0 Å².